The molecule has 2 fully saturated rings. The van der Waals surface area contributed by atoms with E-state index in [1.807, 2.05) is 4.68 Å². The molecule has 2 N–H and O–H groups in total. The van der Waals surface area contributed by atoms with Crippen molar-refractivity contribution in [3.8, 4) is 0 Å². The van der Waals surface area contributed by atoms with E-state index in [0.717, 1.165) is 57.2 Å². The van der Waals surface area contributed by atoms with Crippen molar-refractivity contribution in [2.75, 3.05) is 6.54 Å². The Bertz CT molecular complexity index is 514. The van der Waals surface area contributed by atoms with Gasteiger partial charge in [0.2, 0.25) is 0 Å². The Hall–Kier alpha value is -1.36. The van der Waals surface area contributed by atoms with E-state index in [9.17, 15) is 9.90 Å². The van der Waals surface area contributed by atoms with Gasteiger partial charge in [-0.15, -0.1) is 0 Å². The van der Waals surface area contributed by atoms with Crippen LogP contribution in [0.2, 0.25) is 0 Å². The predicted molar refractivity (Wildman–Crippen MR) is 80.2 cm³/mol. The van der Waals surface area contributed by atoms with E-state index in [-0.39, 0.29) is 5.91 Å². The van der Waals surface area contributed by atoms with E-state index in [0.29, 0.717) is 18.0 Å². The van der Waals surface area contributed by atoms with Crippen molar-refractivity contribution >= 4 is 5.91 Å². The smallest absolute Gasteiger partial charge is 0.254 e. The van der Waals surface area contributed by atoms with Crippen molar-refractivity contribution in [2.24, 2.45) is 0 Å². The first-order valence-corrected chi connectivity index (χ1v) is 8.19. The van der Waals surface area contributed by atoms with Gasteiger partial charge in [0.05, 0.1) is 23.1 Å². The molecule has 0 unspecified atom stereocenters. The largest absolute Gasteiger partial charge is 0.388 e. The van der Waals surface area contributed by atoms with E-state index >= 15 is 0 Å². The third-order valence-electron chi connectivity index (χ3n) is 4.64. The summed E-state index contributed by atoms with van der Waals surface area (Å²) >= 11 is 0. The van der Waals surface area contributed by atoms with Gasteiger partial charge in [0.25, 0.3) is 5.91 Å². The Morgan fingerprint density at radius 2 is 2.19 bits per heavy atom. The molecule has 0 saturated heterocycles. The number of aliphatic hydroxyl groups is 1. The number of nitrogens with one attached hydrogen (secondary N) is 1. The Kier molecular flexibility index (Phi) is 4.02. The lowest BCUT2D eigenvalue weighted by atomic mass is 10.0. The first kappa shape index (κ1) is 14.6. The van der Waals surface area contributed by atoms with Crippen LogP contribution in [-0.4, -0.2) is 32.9 Å². The fraction of sp³-hybridized carbons (Fsp3) is 0.750. The normalized spacial score (nSPS) is 20.7. The molecular weight excluding hydrogens is 266 g/mol. The van der Waals surface area contributed by atoms with Gasteiger partial charge in [-0.3, -0.25) is 9.48 Å². The molecule has 1 aromatic heterocycles. The summed E-state index contributed by atoms with van der Waals surface area (Å²) in [6, 6.07) is 0. The molecule has 1 amide bonds. The number of hydrogen-bond donors (Lipinski definition) is 2. The zero-order chi connectivity index (χ0) is 14.9. The summed E-state index contributed by atoms with van der Waals surface area (Å²) in [6.07, 6.45) is 8.69. The summed E-state index contributed by atoms with van der Waals surface area (Å²) < 4.78 is 1.98. The first-order valence-electron chi connectivity index (χ1n) is 8.19. The molecule has 0 spiro atoms. The average molecular weight is 291 g/mol. The van der Waals surface area contributed by atoms with Gasteiger partial charge >= 0.3 is 0 Å². The molecule has 5 nitrogen and oxygen atoms in total. The lowest BCUT2D eigenvalue weighted by Crippen LogP contribution is -2.40. The van der Waals surface area contributed by atoms with Crippen LogP contribution in [0.4, 0.5) is 0 Å². The number of aryl methyl sites for hydroxylation is 1. The van der Waals surface area contributed by atoms with Crippen molar-refractivity contribution in [3.05, 3.63) is 17.5 Å². The van der Waals surface area contributed by atoms with Crippen molar-refractivity contribution in [1.82, 2.24) is 15.1 Å². The van der Waals surface area contributed by atoms with Crippen LogP contribution in [0.3, 0.4) is 0 Å². The quantitative estimate of drug-likeness (QED) is 0.844. The van der Waals surface area contributed by atoms with Crippen LogP contribution in [0.15, 0.2) is 6.20 Å². The molecule has 21 heavy (non-hydrogen) atoms. The molecule has 2 saturated carbocycles. The Morgan fingerprint density at radius 3 is 2.81 bits per heavy atom. The van der Waals surface area contributed by atoms with E-state index in [4.69, 9.17) is 0 Å². The van der Waals surface area contributed by atoms with Gasteiger partial charge in [0.1, 0.15) is 0 Å². The van der Waals surface area contributed by atoms with E-state index in [1.54, 1.807) is 6.20 Å². The molecule has 2 aliphatic rings. The van der Waals surface area contributed by atoms with Crippen LogP contribution in [-0.2, 0) is 6.54 Å². The van der Waals surface area contributed by atoms with E-state index in [2.05, 4.69) is 17.3 Å². The van der Waals surface area contributed by atoms with Crippen LogP contribution in [0, 0.1) is 0 Å². The summed E-state index contributed by atoms with van der Waals surface area (Å²) in [5.41, 5.74) is 1.09. The maximum absolute atomic E-state index is 12.4. The monoisotopic (exact) mass is 291 g/mol. The molecule has 0 radical (unpaired) electrons. The second-order valence-corrected chi connectivity index (χ2v) is 6.56. The highest BCUT2D eigenvalue weighted by Gasteiger charge is 2.34. The number of aromatic nitrogens is 2. The predicted octanol–water partition coefficient (Wildman–Crippen LogP) is 2.21. The number of carbonyl (C=O) groups is 1. The standard InChI is InChI=1S/C16H25N3O2/c1-2-9-19-14(12-5-6-12)13(10-18-19)15(20)17-11-16(21)7-3-4-8-16/h10,12,21H,2-9,11H2,1H3,(H,17,20). The van der Waals surface area contributed by atoms with Crippen molar-refractivity contribution < 1.29 is 9.90 Å². The molecule has 0 aliphatic heterocycles. The first-order chi connectivity index (χ1) is 10.1. The fourth-order valence-corrected chi connectivity index (χ4v) is 3.30. The molecule has 2 aliphatic carbocycles. The number of hydrogen-bond acceptors (Lipinski definition) is 3. The van der Waals surface area contributed by atoms with Crippen LogP contribution in [0.5, 0.6) is 0 Å². The van der Waals surface area contributed by atoms with Crippen LogP contribution >= 0.6 is 0 Å². The van der Waals surface area contributed by atoms with Gasteiger partial charge < -0.3 is 10.4 Å². The second-order valence-electron chi connectivity index (χ2n) is 6.56. The van der Waals surface area contributed by atoms with Crippen LogP contribution < -0.4 is 5.32 Å². The van der Waals surface area contributed by atoms with Gasteiger partial charge in [0, 0.05) is 19.0 Å². The van der Waals surface area contributed by atoms with Gasteiger partial charge in [-0.2, -0.15) is 5.10 Å². The minimum atomic E-state index is -0.700. The highest BCUT2D eigenvalue weighted by atomic mass is 16.3. The topological polar surface area (TPSA) is 67.2 Å². The SMILES string of the molecule is CCCn1ncc(C(=O)NCC2(O)CCCC2)c1C1CC1. The number of rotatable bonds is 6. The summed E-state index contributed by atoms with van der Waals surface area (Å²) in [4.78, 5) is 12.4. The minimum Gasteiger partial charge on any atom is -0.388 e. The number of carbonyl (C=O) groups excluding carboxylic acids is 1. The summed E-state index contributed by atoms with van der Waals surface area (Å²) in [6.45, 7) is 3.34. The Balaban J connectivity index is 1.69. The molecule has 0 aromatic carbocycles. The van der Waals surface area contributed by atoms with Gasteiger partial charge in [-0.05, 0) is 32.1 Å². The van der Waals surface area contributed by atoms with Gasteiger partial charge in [0.15, 0.2) is 0 Å². The van der Waals surface area contributed by atoms with Crippen molar-refractivity contribution in [3.63, 3.8) is 0 Å². The van der Waals surface area contributed by atoms with Gasteiger partial charge in [-0.25, -0.2) is 0 Å². The third-order valence-corrected chi connectivity index (χ3v) is 4.64. The zero-order valence-electron chi connectivity index (χ0n) is 12.8. The highest BCUT2D eigenvalue weighted by molar-refractivity contribution is 5.95. The maximum Gasteiger partial charge on any atom is 0.254 e. The lowest BCUT2D eigenvalue weighted by Gasteiger charge is -2.22. The zero-order valence-corrected chi connectivity index (χ0v) is 12.8. The number of amides is 1. The van der Waals surface area contributed by atoms with Crippen LogP contribution in [0.1, 0.15) is 73.8 Å². The van der Waals surface area contributed by atoms with Crippen molar-refractivity contribution in [1.29, 1.82) is 0 Å². The van der Waals surface area contributed by atoms with Crippen LogP contribution in [0.25, 0.3) is 0 Å². The Morgan fingerprint density at radius 1 is 1.48 bits per heavy atom. The van der Waals surface area contributed by atoms with E-state index in [1.165, 1.54) is 0 Å². The lowest BCUT2D eigenvalue weighted by molar-refractivity contribution is 0.0449. The maximum atomic E-state index is 12.4. The van der Waals surface area contributed by atoms with Crippen molar-refractivity contribution in [2.45, 2.75) is 69.9 Å². The summed E-state index contributed by atoms with van der Waals surface area (Å²) in [7, 11) is 0. The van der Waals surface area contributed by atoms with Gasteiger partial charge in [-0.1, -0.05) is 19.8 Å². The summed E-state index contributed by atoms with van der Waals surface area (Å²) in [5.74, 6) is 0.411. The third kappa shape index (κ3) is 3.12. The average Bonchev–Trinajstić information content (AvgIpc) is 3.08. The minimum absolute atomic E-state index is 0.0837. The molecule has 5 heteroatoms. The number of nitrogens with zero attached hydrogens (tertiary/aromatic N) is 2. The van der Waals surface area contributed by atoms with E-state index < -0.39 is 5.60 Å². The highest BCUT2D eigenvalue weighted by Crippen LogP contribution is 2.41. The Labute approximate surface area is 125 Å². The molecule has 0 bridgehead atoms. The second kappa shape index (κ2) is 5.79. The molecule has 1 heterocycles. The molecule has 116 valence electrons. The molecule has 3 rings (SSSR count). The summed E-state index contributed by atoms with van der Waals surface area (Å²) in [5, 5.41) is 17.6. The molecule has 1 aromatic rings. The molecular formula is C16H25N3O2. The molecule has 0 atom stereocenters. The fourth-order valence-electron chi connectivity index (χ4n) is 3.30.